The monoisotopic (exact) mass is 567 g/mol. The van der Waals surface area contributed by atoms with Crippen LogP contribution in [0.1, 0.15) is 25.6 Å². The first-order chi connectivity index (χ1) is 17.2. The van der Waals surface area contributed by atoms with Gasteiger partial charge in [0.25, 0.3) is 11.8 Å². The number of methoxy groups -OCH3 is 1. The van der Waals surface area contributed by atoms with Crippen molar-refractivity contribution in [3.63, 3.8) is 0 Å². The molecule has 0 bridgehead atoms. The maximum Gasteiger partial charge on any atom is 0.328 e. The number of carbonyl (C=O) groups is 2. The van der Waals surface area contributed by atoms with Gasteiger partial charge < -0.3 is 25.5 Å². The highest BCUT2D eigenvalue weighted by molar-refractivity contribution is 7.13. The molecule has 10 nitrogen and oxygen atoms in total. The Hall–Kier alpha value is -3.51. The molecule has 3 heterocycles. The summed E-state index contributed by atoms with van der Waals surface area (Å²) in [5.41, 5.74) is -0.0128. The average molecular weight is 569 g/mol. The number of amides is 2. The quantitative estimate of drug-likeness (QED) is 0.251. The number of aromatic amines is 1. The Labute approximate surface area is 222 Å². The van der Waals surface area contributed by atoms with Crippen LogP contribution in [0, 0.1) is 0 Å². The van der Waals surface area contributed by atoms with Crippen molar-refractivity contribution in [1.82, 2.24) is 14.5 Å². The zero-order valence-electron chi connectivity index (χ0n) is 18.3. The number of ether oxygens (including phenoxy) is 1. The van der Waals surface area contributed by atoms with Gasteiger partial charge in [0.1, 0.15) is 16.4 Å². The summed E-state index contributed by atoms with van der Waals surface area (Å²) in [5.74, 6) is -1.14. The minimum absolute atomic E-state index is 0.0150. The van der Waals surface area contributed by atoms with Gasteiger partial charge in [0, 0.05) is 22.8 Å². The Morgan fingerprint density at radius 1 is 1.17 bits per heavy atom. The summed E-state index contributed by atoms with van der Waals surface area (Å²) in [6.07, 6.45) is 2.52. The predicted molar refractivity (Wildman–Crippen MR) is 138 cm³/mol. The number of benzene rings is 1. The highest BCUT2D eigenvalue weighted by atomic mass is 35.5. The number of rotatable bonds is 7. The number of imidazole rings is 1. The van der Waals surface area contributed by atoms with Crippen LogP contribution in [-0.2, 0) is 6.54 Å². The second-order valence-electron chi connectivity index (χ2n) is 7.24. The van der Waals surface area contributed by atoms with Gasteiger partial charge >= 0.3 is 5.69 Å². The van der Waals surface area contributed by atoms with Gasteiger partial charge in [-0.1, -0.05) is 34.8 Å². The number of nitrogens with zero attached hydrogens (tertiary/aromatic N) is 2. The van der Waals surface area contributed by atoms with Crippen molar-refractivity contribution >= 4 is 69.5 Å². The highest BCUT2D eigenvalue weighted by Crippen LogP contribution is 2.35. The first-order valence-corrected chi connectivity index (χ1v) is 12.0. The first kappa shape index (κ1) is 25.6. The number of hydrogen-bond acceptors (Lipinski definition) is 7. The zero-order valence-corrected chi connectivity index (χ0v) is 21.3. The van der Waals surface area contributed by atoms with E-state index in [1.165, 1.54) is 31.5 Å². The molecule has 0 saturated heterocycles. The number of pyridine rings is 1. The van der Waals surface area contributed by atoms with E-state index in [9.17, 15) is 19.5 Å². The molecule has 0 spiro atoms. The minimum atomic E-state index is -0.624. The number of carbonyl (C=O) groups excluding carboxylic acids is 2. The Kier molecular flexibility index (Phi) is 7.55. The molecule has 0 atom stereocenters. The molecule has 3 aromatic heterocycles. The van der Waals surface area contributed by atoms with E-state index in [-0.39, 0.29) is 50.2 Å². The summed E-state index contributed by atoms with van der Waals surface area (Å²) >= 11 is 19.5. The van der Waals surface area contributed by atoms with E-state index < -0.39 is 17.5 Å². The molecule has 2 amide bonds. The molecule has 14 heteroatoms. The molecule has 0 radical (unpaired) electrons. The fourth-order valence-electron chi connectivity index (χ4n) is 3.20. The van der Waals surface area contributed by atoms with Gasteiger partial charge in [0.05, 0.1) is 41.1 Å². The lowest BCUT2D eigenvalue weighted by molar-refractivity contribution is 0.102. The van der Waals surface area contributed by atoms with Crippen LogP contribution in [0.4, 0.5) is 11.5 Å². The van der Waals surface area contributed by atoms with Crippen molar-refractivity contribution in [2.24, 2.45) is 0 Å². The van der Waals surface area contributed by atoms with Crippen LogP contribution in [-0.4, -0.2) is 38.6 Å². The number of aromatic hydroxyl groups is 1. The SMILES string of the molecule is COc1cc(Cl)cc(C(=O)Nc2ccc(Cl)cn2)c1NC(=O)c1scc(Cn2c(O)c[nH]c2=O)c1Cl. The van der Waals surface area contributed by atoms with Gasteiger partial charge in [-0.25, -0.2) is 9.78 Å². The van der Waals surface area contributed by atoms with E-state index in [1.54, 1.807) is 11.4 Å². The van der Waals surface area contributed by atoms with Crippen molar-refractivity contribution in [1.29, 1.82) is 0 Å². The topological polar surface area (TPSA) is 138 Å². The Morgan fingerprint density at radius 2 is 1.94 bits per heavy atom. The average Bonchev–Trinajstić information content (AvgIpc) is 3.37. The van der Waals surface area contributed by atoms with Crippen LogP contribution >= 0.6 is 46.1 Å². The summed E-state index contributed by atoms with van der Waals surface area (Å²) < 4.78 is 6.40. The molecular formula is C22H16Cl3N5O5S. The maximum atomic E-state index is 13.2. The standard InChI is InChI=1S/C22H16Cl3N5O5S/c1-35-14-5-12(24)4-13(20(32)28-15-3-2-11(23)6-26-15)18(14)29-21(33)19-17(25)10(9-36-19)8-30-16(31)7-27-22(30)34/h2-7,9,31H,8H2,1H3,(H,27,34)(H,29,33)(H,26,28,32). The lowest BCUT2D eigenvalue weighted by Gasteiger charge is -2.15. The molecule has 4 aromatic rings. The summed E-state index contributed by atoms with van der Waals surface area (Å²) in [6.45, 7) is -0.0528. The van der Waals surface area contributed by atoms with Gasteiger partial charge in [0.2, 0.25) is 5.88 Å². The predicted octanol–water partition coefficient (Wildman–Crippen LogP) is 4.86. The Bertz CT molecular complexity index is 1510. The third-order valence-corrected chi connectivity index (χ3v) is 6.93. The number of hydrogen-bond donors (Lipinski definition) is 4. The number of nitrogens with one attached hydrogen (secondary N) is 3. The summed E-state index contributed by atoms with van der Waals surface area (Å²) in [6, 6.07) is 5.88. The number of halogens is 3. The van der Waals surface area contributed by atoms with Gasteiger partial charge in [-0.15, -0.1) is 11.3 Å². The van der Waals surface area contributed by atoms with E-state index in [4.69, 9.17) is 39.5 Å². The molecule has 4 rings (SSSR count). The van der Waals surface area contributed by atoms with E-state index in [2.05, 4.69) is 20.6 Å². The molecule has 0 aliphatic carbocycles. The van der Waals surface area contributed by atoms with Crippen molar-refractivity contribution in [3.05, 3.63) is 83.6 Å². The van der Waals surface area contributed by atoms with Crippen molar-refractivity contribution in [3.8, 4) is 11.6 Å². The van der Waals surface area contributed by atoms with Gasteiger partial charge in [-0.2, -0.15) is 0 Å². The van der Waals surface area contributed by atoms with Crippen molar-refractivity contribution in [2.45, 2.75) is 6.54 Å². The van der Waals surface area contributed by atoms with Crippen LogP contribution in [0.25, 0.3) is 0 Å². The second-order valence-corrected chi connectivity index (χ2v) is 9.37. The third-order valence-electron chi connectivity index (χ3n) is 4.92. The highest BCUT2D eigenvalue weighted by Gasteiger charge is 2.24. The minimum Gasteiger partial charge on any atom is -0.494 e. The number of thiophene rings is 1. The fraction of sp³-hybridized carbons (Fsp3) is 0.0909. The molecule has 186 valence electrons. The molecule has 0 fully saturated rings. The van der Waals surface area contributed by atoms with Crippen LogP contribution in [0.2, 0.25) is 15.1 Å². The van der Waals surface area contributed by atoms with Crippen LogP contribution in [0.5, 0.6) is 11.6 Å². The molecule has 36 heavy (non-hydrogen) atoms. The number of anilines is 2. The second kappa shape index (κ2) is 10.6. The van der Waals surface area contributed by atoms with Crippen molar-refractivity contribution < 1.29 is 19.4 Å². The molecule has 0 aliphatic rings. The van der Waals surface area contributed by atoms with Gasteiger partial charge in [0.15, 0.2) is 0 Å². The number of aromatic nitrogens is 3. The third kappa shape index (κ3) is 5.34. The number of H-pyrrole nitrogens is 1. The molecule has 0 saturated carbocycles. The van der Waals surface area contributed by atoms with Gasteiger partial charge in [-0.05, 0) is 23.6 Å². The molecule has 0 aliphatic heterocycles. The van der Waals surface area contributed by atoms with E-state index in [0.29, 0.717) is 10.6 Å². The lowest BCUT2D eigenvalue weighted by atomic mass is 10.1. The Balaban J connectivity index is 1.63. The molecular weight excluding hydrogens is 553 g/mol. The van der Waals surface area contributed by atoms with E-state index >= 15 is 0 Å². The molecule has 4 N–H and O–H groups in total. The van der Waals surface area contributed by atoms with E-state index in [1.807, 2.05) is 0 Å². The largest absolute Gasteiger partial charge is 0.494 e. The molecule has 1 aromatic carbocycles. The Morgan fingerprint density at radius 3 is 2.58 bits per heavy atom. The summed E-state index contributed by atoms with van der Waals surface area (Å²) in [7, 11) is 1.36. The van der Waals surface area contributed by atoms with E-state index in [0.717, 1.165) is 22.1 Å². The van der Waals surface area contributed by atoms with Crippen LogP contribution in [0.15, 0.2) is 46.8 Å². The lowest BCUT2D eigenvalue weighted by Crippen LogP contribution is -2.19. The summed E-state index contributed by atoms with van der Waals surface area (Å²) in [5, 5.41) is 17.4. The van der Waals surface area contributed by atoms with Gasteiger partial charge in [-0.3, -0.25) is 14.2 Å². The zero-order chi connectivity index (χ0) is 26.0. The van der Waals surface area contributed by atoms with Crippen molar-refractivity contribution in [2.75, 3.05) is 17.7 Å². The smallest absolute Gasteiger partial charge is 0.328 e. The molecule has 0 unspecified atom stereocenters. The maximum absolute atomic E-state index is 13.2. The summed E-state index contributed by atoms with van der Waals surface area (Å²) in [4.78, 5) is 44.5. The van der Waals surface area contributed by atoms with Crippen LogP contribution in [0.3, 0.4) is 0 Å². The first-order valence-electron chi connectivity index (χ1n) is 10.0. The normalized spacial score (nSPS) is 10.8. The fourth-order valence-corrected chi connectivity index (χ4v) is 4.77. The van der Waals surface area contributed by atoms with Crippen LogP contribution < -0.4 is 21.1 Å².